The lowest BCUT2D eigenvalue weighted by Gasteiger charge is -2.27. The van der Waals surface area contributed by atoms with Crippen molar-refractivity contribution in [3.63, 3.8) is 0 Å². The first kappa shape index (κ1) is 26.2. The Morgan fingerprint density at radius 3 is 2.37 bits per heavy atom. The Bertz CT molecular complexity index is 966. The number of nitrogens with zero attached hydrogens (tertiary/aromatic N) is 1. The second-order valence-electron chi connectivity index (χ2n) is 9.24. The van der Waals surface area contributed by atoms with Crippen LogP contribution < -0.4 is 14.8 Å². The number of amides is 1. The third kappa shape index (κ3) is 8.41. The minimum Gasteiger partial charge on any atom is -0.491 e. The standard InChI is InChI=1S/C25H32N2O8/c1-25(2,3)35-24(29)26-21(23(28)17-7-9-18(10-8-17)27(30)31)16-33-19-11-13-20(14-12-19)34-22-6-4-5-15-32-22/h7-14,21-23,28H,4-6,15-16H2,1-3H3,(H,26,29)/t21-,22?,23-/m1/s1. The topological polar surface area (TPSA) is 129 Å². The molecule has 0 saturated carbocycles. The molecule has 0 spiro atoms. The molecule has 0 aliphatic carbocycles. The SMILES string of the molecule is CC(C)(C)OC(=O)N[C@H](COc1ccc(OC2CCCCO2)cc1)[C@H](O)c1ccc([N+](=O)[O-])cc1. The average Bonchev–Trinajstić information content (AvgIpc) is 2.82. The van der Waals surface area contributed by atoms with Gasteiger partial charge in [0.15, 0.2) is 6.29 Å². The van der Waals surface area contributed by atoms with E-state index in [1.54, 1.807) is 45.0 Å². The molecule has 2 aromatic carbocycles. The summed E-state index contributed by atoms with van der Waals surface area (Å²) in [7, 11) is 0. The minimum atomic E-state index is -1.20. The molecule has 10 nitrogen and oxygen atoms in total. The van der Waals surface area contributed by atoms with Crippen LogP contribution in [-0.2, 0) is 9.47 Å². The highest BCUT2D eigenvalue weighted by atomic mass is 16.7. The van der Waals surface area contributed by atoms with E-state index in [1.165, 1.54) is 24.3 Å². The summed E-state index contributed by atoms with van der Waals surface area (Å²) in [6.45, 7) is 5.80. The molecule has 2 N–H and O–H groups in total. The van der Waals surface area contributed by atoms with Crippen LogP contribution in [0.5, 0.6) is 11.5 Å². The van der Waals surface area contributed by atoms with E-state index in [4.69, 9.17) is 18.9 Å². The second kappa shape index (κ2) is 11.9. The van der Waals surface area contributed by atoms with Crippen molar-refractivity contribution in [1.29, 1.82) is 0 Å². The van der Waals surface area contributed by atoms with E-state index in [2.05, 4.69) is 5.32 Å². The van der Waals surface area contributed by atoms with E-state index in [0.717, 1.165) is 19.3 Å². The lowest BCUT2D eigenvalue weighted by atomic mass is 10.0. The van der Waals surface area contributed by atoms with Gasteiger partial charge in [0.1, 0.15) is 29.8 Å². The molecule has 35 heavy (non-hydrogen) atoms. The highest BCUT2D eigenvalue weighted by Gasteiger charge is 2.27. The van der Waals surface area contributed by atoms with E-state index >= 15 is 0 Å². The average molecular weight is 489 g/mol. The number of benzene rings is 2. The van der Waals surface area contributed by atoms with Crippen LogP contribution >= 0.6 is 0 Å². The maximum absolute atomic E-state index is 12.4. The van der Waals surface area contributed by atoms with E-state index in [-0.39, 0.29) is 18.6 Å². The summed E-state index contributed by atoms with van der Waals surface area (Å²) in [6.07, 6.45) is 0.773. The molecule has 0 aromatic heterocycles. The number of nitrogens with one attached hydrogen (secondary N) is 1. The summed E-state index contributed by atoms with van der Waals surface area (Å²) >= 11 is 0. The highest BCUT2D eigenvalue weighted by molar-refractivity contribution is 5.68. The van der Waals surface area contributed by atoms with Gasteiger partial charge in [-0.3, -0.25) is 10.1 Å². The monoisotopic (exact) mass is 488 g/mol. The molecule has 1 fully saturated rings. The molecule has 0 radical (unpaired) electrons. The van der Waals surface area contributed by atoms with Crippen molar-refractivity contribution in [1.82, 2.24) is 5.32 Å². The van der Waals surface area contributed by atoms with Gasteiger partial charge in [-0.2, -0.15) is 0 Å². The lowest BCUT2D eigenvalue weighted by molar-refractivity contribution is -0.384. The van der Waals surface area contributed by atoms with Crippen molar-refractivity contribution in [3.05, 3.63) is 64.2 Å². The van der Waals surface area contributed by atoms with E-state index in [9.17, 15) is 20.0 Å². The number of hydrogen-bond donors (Lipinski definition) is 2. The zero-order chi connectivity index (χ0) is 25.4. The molecule has 1 amide bonds. The number of carbonyl (C=O) groups is 1. The summed E-state index contributed by atoms with van der Waals surface area (Å²) in [4.78, 5) is 22.8. The molecular weight excluding hydrogens is 456 g/mol. The van der Waals surface area contributed by atoms with Gasteiger partial charge in [0.25, 0.3) is 5.69 Å². The molecule has 10 heteroatoms. The summed E-state index contributed by atoms with van der Waals surface area (Å²) < 4.78 is 22.5. The van der Waals surface area contributed by atoms with Crippen LogP contribution in [0.15, 0.2) is 48.5 Å². The number of nitro benzene ring substituents is 1. The number of non-ortho nitro benzene ring substituents is 1. The summed E-state index contributed by atoms with van der Waals surface area (Å²) in [5.41, 5.74) is -0.447. The first-order chi connectivity index (χ1) is 16.6. The molecule has 1 heterocycles. The first-order valence-corrected chi connectivity index (χ1v) is 11.5. The largest absolute Gasteiger partial charge is 0.491 e. The lowest BCUT2D eigenvalue weighted by Crippen LogP contribution is -2.45. The number of aliphatic hydroxyl groups is 1. The van der Waals surface area contributed by atoms with Gasteiger partial charge in [-0.25, -0.2) is 4.79 Å². The van der Waals surface area contributed by atoms with Crippen LogP contribution in [0.3, 0.4) is 0 Å². The van der Waals surface area contributed by atoms with Gasteiger partial charge in [0, 0.05) is 18.6 Å². The third-order valence-corrected chi connectivity index (χ3v) is 5.19. The highest BCUT2D eigenvalue weighted by Crippen LogP contribution is 2.24. The zero-order valence-corrected chi connectivity index (χ0v) is 20.1. The number of aliphatic hydroxyl groups excluding tert-OH is 1. The Labute approximate surface area is 204 Å². The van der Waals surface area contributed by atoms with Crippen molar-refractivity contribution in [2.45, 2.75) is 64.1 Å². The quantitative estimate of drug-likeness (QED) is 0.390. The van der Waals surface area contributed by atoms with Crippen LogP contribution in [0.2, 0.25) is 0 Å². The van der Waals surface area contributed by atoms with Crippen LogP contribution in [0.4, 0.5) is 10.5 Å². The smallest absolute Gasteiger partial charge is 0.408 e. The fourth-order valence-corrected chi connectivity index (χ4v) is 3.45. The van der Waals surface area contributed by atoms with Crippen LogP contribution in [-0.4, -0.2) is 47.3 Å². The predicted octanol–water partition coefficient (Wildman–Crippen LogP) is 4.51. The van der Waals surface area contributed by atoms with Crippen LogP contribution in [0.1, 0.15) is 51.7 Å². The Kier molecular flexibility index (Phi) is 8.89. The predicted molar refractivity (Wildman–Crippen MR) is 127 cm³/mol. The summed E-state index contributed by atoms with van der Waals surface area (Å²) in [6, 6.07) is 11.5. The van der Waals surface area contributed by atoms with Gasteiger partial charge in [-0.05, 0) is 75.6 Å². The molecule has 0 bridgehead atoms. The van der Waals surface area contributed by atoms with E-state index in [0.29, 0.717) is 23.7 Å². The fraction of sp³-hybridized carbons (Fsp3) is 0.480. The number of hydrogen-bond acceptors (Lipinski definition) is 8. The number of carbonyl (C=O) groups excluding carboxylic acids is 1. The summed E-state index contributed by atoms with van der Waals surface area (Å²) in [5, 5.41) is 24.5. The minimum absolute atomic E-state index is 0.0800. The third-order valence-electron chi connectivity index (χ3n) is 5.19. The van der Waals surface area contributed by atoms with Crippen LogP contribution in [0, 0.1) is 10.1 Å². The number of nitro groups is 1. The van der Waals surface area contributed by atoms with Gasteiger partial charge < -0.3 is 29.4 Å². The number of ether oxygens (including phenoxy) is 4. The Hall–Kier alpha value is -3.37. The van der Waals surface area contributed by atoms with Gasteiger partial charge in [-0.1, -0.05) is 0 Å². The van der Waals surface area contributed by atoms with E-state index < -0.39 is 28.8 Å². The zero-order valence-electron chi connectivity index (χ0n) is 20.1. The normalized spacial score (nSPS) is 17.7. The van der Waals surface area contributed by atoms with Crippen molar-refractivity contribution in [3.8, 4) is 11.5 Å². The van der Waals surface area contributed by atoms with Gasteiger partial charge >= 0.3 is 6.09 Å². The Balaban J connectivity index is 1.66. The molecule has 190 valence electrons. The van der Waals surface area contributed by atoms with Crippen molar-refractivity contribution in [2.24, 2.45) is 0 Å². The van der Waals surface area contributed by atoms with Gasteiger partial charge in [0.2, 0.25) is 0 Å². The Morgan fingerprint density at radius 2 is 1.80 bits per heavy atom. The number of alkyl carbamates (subject to hydrolysis) is 1. The first-order valence-electron chi connectivity index (χ1n) is 11.5. The second-order valence-corrected chi connectivity index (χ2v) is 9.24. The maximum atomic E-state index is 12.4. The molecule has 1 unspecified atom stereocenters. The molecular formula is C25H32N2O8. The summed E-state index contributed by atoms with van der Waals surface area (Å²) in [5.74, 6) is 1.16. The molecule has 1 saturated heterocycles. The molecule has 2 aromatic rings. The van der Waals surface area contributed by atoms with Crippen LogP contribution in [0.25, 0.3) is 0 Å². The fourth-order valence-electron chi connectivity index (χ4n) is 3.45. The molecule has 3 rings (SSSR count). The van der Waals surface area contributed by atoms with E-state index in [1.807, 2.05) is 0 Å². The van der Waals surface area contributed by atoms with Crippen molar-refractivity contribution >= 4 is 11.8 Å². The van der Waals surface area contributed by atoms with Gasteiger partial charge in [0.05, 0.1) is 17.6 Å². The molecule has 1 aliphatic rings. The van der Waals surface area contributed by atoms with Crippen molar-refractivity contribution in [2.75, 3.05) is 13.2 Å². The van der Waals surface area contributed by atoms with Gasteiger partial charge in [-0.15, -0.1) is 0 Å². The van der Waals surface area contributed by atoms with Crippen molar-refractivity contribution < 1.29 is 33.8 Å². The molecule has 1 aliphatic heterocycles. The number of rotatable bonds is 9. The molecule has 3 atom stereocenters. The maximum Gasteiger partial charge on any atom is 0.408 e. The Morgan fingerprint density at radius 1 is 1.14 bits per heavy atom.